The van der Waals surface area contributed by atoms with E-state index < -0.39 is 11.4 Å². The first-order valence-corrected chi connectivity index (χ1v) is 6.66. The van der Waals surface area contributed by atoms with Crippen molar-refractivity contribution < 1.29 is 9.90 Å². The molecule has 0 aromatic heterocycles. The first-order chi connectivity index (χ1) is 8.56. The second kappa shape index (κ2) is 3.74. The molecule has 18 heavy (non-hydrogen) atoms. The van der Waals surface area contributed by atoms with E-state index in [4.69, 9.17) is 5.73 Å². The summed E-state index contributed by atoms with van der Waals surface area (Å²) in [6, 6.07) is 7.40. The Labute approximate surface area is 107 Å². The van der Waals surface area contributed by atoms with Crippen LogP contribution in [0.15, 0.2) is 24.3 Å². The lowest BCUT2D eigenvalue weighted by molar-refractivity contribution is -0.154. The molecule has 3 N–H and O–H groups in total. The van der Waals surface area contributed by atoms with Crippen molar-refractivity contribution in [3.63, 3.8) is 0 Å². The molecule has 1 aromatic rings. The Hall–Kier alpha value is -1.51. The highest BCUT2D eigenvalue weighted by molar-refractivity contribution is 5.83. The molecule has 3 nitrogen and oxygen atoms in total. The second-order valence-corrected chi connectivity index (χ2v) is 6.07. The topological polar surface area (TPSA) is 63.3 Å². The fraction of sp³-hybridized carbons (Fsp3) is 0.533. The van der Waals surface area contributed by atoms with Crippen molar-refractivity contribution >= 4 is 11.7 Å². The number of carbonyl (C=O) groups is 1. The van der Waals surface area contributed by atoms with Crippen molar-refractivity contribution in [2.45, 2.75) is 43.9 Å². The van der Waals surface area contributed by atoms with Gasteiger partial charge in [0.2, 0.25) is 0 Å². The third-order valence-electron chi connectivity index (χ3n) is 4.87. The molecule has 0 unspecified atom stereocenters. The molecule has 0 saturated heterocycles. The van der Waals surface area contributed by atoms with Crippen LogP contribution in [0.2, 0.25) is 0 Å². The molecule has 1 aromatic carbocycles. The molecule has 3 rings (SSSR count). The monoisotopic (exact) mass is 245 g/mol. The van der Waals surface area contributed by atoms with Gasteiger partial charge in [-0.3, -0.25) is 4.79 Å². The highest BCUT2D eigenvalue weighted by Crippen LogP contribution is 2.63. The molecular weight excluding hydrogens is 226 g/mol. The van der Waals surface area contributed by atoms with Crippen LogP contribution in [0, 0.1) is 5.41 Å². The summed E-state index contributed by atoms with van der Waals surface area (Å²) >= 11 is 0. The van der Waals surface area contributed by atoms with Crippen molar-refractivity contribution in [1.29, 1.82) is 0 Å². The molecule has 2 fully saturated rings. The molecule has 0 aliphatic heterocycles. The van der Waals surface area contributed by atoms with Crippen LogP contribution in [0.1, 0.15) is 44.1 Å². The van der Waals surface area contributed by atoms with Crippen LogP contribution in [0.5, 0.6) is 0 Å². The Morgan fingerprint density at radius 2 is 1.89 bits per heavy atom. The highest BCUT2D eigenvalue weighted by Gasteiger charge is 2.60. The zero-order valence-corrected chi connectivity index (χ0v) is 10.5. The van der Waals surface area contributed by atoms with Gasteiger partial charge in [0.05, 0.1) is 5.41 Å². The van der Waals surface area contributed by atoms with Crippen LogP contribution in [0.3, 0.4) is 0 Å². The Morgan fingerprint density at radius 1 is 1.22 bits per heavy atom. The summed E-state index contributed by atoms with van der Waals surface area (Å²) in [6.07, 6.45) is 6.49. The zero-order chi connectivity index (χ0) is 12.8. The maximum atomic E-state index is 11.7. The minimum absolute atomic E-state index is 0.309. The molecular formula is C15H19NO2. The van der Waals surface area contributed by atoms with Crippen LogP contribution < -0.4 is 5.73 Å². The van der Waals surface area contributed by atoms with E-state index in [9.17, 15) is 9.90 Å². The highest BCUT2D eigenvalue weighted by atomic mass is 16.4. The van der Waals surface area contributed by atoms with Gasteiger partial charge >= 0.3 is 5.97 Å². The van der Waals surface area contributed by atoms with Gasteiger partial charge in [-0.25, -0.2) is 0 Å². The van der Waals surface area contributed by atoms with E-state index in [1.165, 1.54) is 25.7 Å². The average molecular weight is 245 g/mol. The first kappa shape index (κ1) is 11.6. The molecule has 0 bridgehead atoms. The number of aliphatic carboxylic acids is 1. The van der Waals surface area contributed by atoms with E-state index in [0.717, 1.165) is 18.4 Å². The van der Waals surface area contributed by atoms with E-state index in [2.05, 4.69) is 0 Å². The van der Waals surface area contributed by atoms with E-state index in [1.54, 1.807) is 0 Å². The van der Waals surface area contributed by atoms with Gasteiger partial charge in [-0.05, 0) is 48.8 Å². The standard InChI is InChI=1S/C15H19NO2/c16-12-5-3-4-11(8-12)15(13(17)18)9-14(10-15)6-1-2-7-14/h3-5,8H,1-2,6-7,9-10,16H2,(H,17,18). The third kappa shape index (κ3) is 1.53. The number of nitrogens with two attached hydrogens (primary N) is 1. The molecule has 0 atom stereocenters. The summed E-state index contributed by atoms with van der Waals surface area (Å²) < 4.78 is 0. The van der Waals surface area contributed by atoms with Crippen LogP contribution in [0.25, 0.3) is 0 Å². The molecule has 2 saturated carbocycles. The van der Waals surface area contributed by atoms with E-state index in [-0.39, 0.29) is 0 Å². The lowest BCUT2D eigenvalue weighted by Crippen LogP contribution is -2.53. The summed E-state index contributed by atoms with van der Waals surface area (Å²) in [5.41, 5.74) is 6.95. The summed E-state index contributed by atoms with van der Waals surface area (Å²) in [7, 11) is 0. The number of hydrogen-bond acceptors (Lipinski definition) is 2. The fourth-order valence-electron chi connectivity index (χ4n) is 4.02. The van der Waals surface area contributed by atoms with Crippen molar-refractivity contribution in [2.24, 2.45) is 5.41 Å². The summed E-state index contributed by atoms with van der Waals surface area (Å²) in [5, 5.41) is 9.63. The predicted octanol–water partition coefficient (Wildman–Crippen LogP) is 2.95. The van der Waals surface area contributed by atoms with E-state index >= 15 is 0 Å². The van der Waals surface area contributed by atoms with Crippen LogP contribution in [-0.2, 0) is 10.2 Å². The van der Waals surface area contributed by atoms with Gasteiger partial charge in [0.25, 0.3) is 0 Å². The van der Waals surface area contributed by atoms with E-state index in [1.807, 2.05) is 24.3 Å². The third-order valence-corrected chi connectivity index (χ3v) is 4.87. The maximum Gasteiger partial charge on any atom is 0.314 e. The molecule has 3 heteroatoms. The molecule has 96 valence electrons. The Morgan fingerprint density at radius 3 is 2.44 bits per heavy atom. The van der Waals surface area contributed by atoms with Crippen LogP contribution in [0.4, 0.5) is 5.69 Å². The average Bonchev–Trinajstić information content (AvgIpc) is 2.74. The quantitative estimate of drug-likeness (QED) is 0.787. The number of carboxylic acids is 1. The minimum Gasteiger partial charge on any atom is -0.481 e. The Bertz CT molecular complexity index is 481. The van der Waals surface area contributed by atoms with Gasteiger partial charge in [0.15, 0.2) is 0 Å². The summed E-state index contributed by atoms with van der Waals surface area (Å²) in [4.78, 5) is 11.7. The smallest absolute Gasteiger partial charge is 0.314 e. The predicted molar refractivity (Wildman–Crippen MR) is 70.3 cm³/mol. The number of anilines is 1. The minimum atomic E-state index is -0.689. The lowest BCUT2D eigenvalue weighted by Gasteiger charge is -2.52. The first-order valence-electron chi connectivity index (χ1n) is 6.66. The van der Waals surface area contributed by atoms with Crippen molar-refractivity contribution in [3.8, 4) is 0 Å². The Balaban J connectivity index is 1.93. The SMILES string of the molecule is Nc1cccc(C2(C(=O)O)CC3(CCCC3)C2)c1. The lowest BCUT2D eigenvalue weighted by atomic mass is 9.49. The van der Waals surface area contributed by atoms with Gasteiger partial charge in [-0.2, -0.15) is 0 Å². The number of carboxylic acid groups (broad SMARTS) is 1. The van der Waals surface area contributed by atoms with Crippen LogP contribution in [-0.4, -0.2) is 11.1 Å². The number of nitrogen functional groups attached to an aromatic ring is 1. The largest absolute Gasteiger partial charge is 0.481 e. The number of rotatable bonds is 2. The summed E-state index contributed by atoms with van der Waals surface area (Å²) in [6.45, 7) is 0. The normalized spacial score (nSPS) is 23.8. The molecule has 2 aliphatic carbocycles. The number of benzene rings is 1. The van der Waals surface area contributed by atoms with Crippen molar-refractivity contribution in [2.75, 3.05) is 5.73 Å². The van der Waals surface area contributed by atoms with Gasteiger partial charge < -0.3 is 10.8 Å². The zero-order valence-electron chi connectivity index (χ0n) is 10.5. The van der Waals surface area contributed by atoms with Crippen molar-refractivity contribution in [1.82, 2.24) is 0 Å². The molecule has 0 radical (unpaired) electrons. The van der Waals surface area contributed by atoms with E-state index in [0.29, 0.717) is 11.1 Å². The van der Waals surface area contributed by atoms with Crippen LogP contribution >= 0.6 is 0 Å². The molecule has 2 aliphatic rings. The maximum absolute atomic E-state index is 11.7. The molecule has 0 heterocycles. The number of hydrogen-bond donors (Lipinski definition) is 2. The fourth-order valence-corrected chi connectivity index (χ4v) is 4.02. The van der Waals surface area contributed by atoms with Crippen molar-refractivity contribution in [3.05, 3.63) is 29.8 Å². The second-order valence-electron chi connectivity index (χ2n) is 6.07. The Kier molecular flexibility index (Phi) is 2.40. The summed E-state index contributed by atoms with van der Waals surface area (Å²) in [5.74, 6) is -0.689. The van der Waals surface area contributed by atoms with Gasteiger partial charge in [-0.15, -0.1) is 0 Å². The van der Waals surface area contributed by atoms with Gasteiger partial charge in [-0.1, -0.05) is 25.0 Å². The van der Waals surface area contributed by atoms with Gasteiger partial charge in [0.1, 0.15) is 0 Å². The molecule has 1 spiro atoms. The van der Waals surface area contributed by atoms with Gasteiger partial charge in [0, 0.05) is 5.69 Å². The molecule has 0 amide bonds.